The SMILES string of the molecule is COCCOc1cc(NS(=O)(=O)c2ccccc2)c(C(=O)O)cc1OC. The van der Waals surface area contributed by atoms with Crippen LogP contribution in [0, 0.1) is 0 Å². The Kier molecular flexibility index (Phi) is 6.42. The first-order valence-electron chi connectivity index (χ1n) is 7.54. The molecule has 0 atom stereocenters. The molecule has 0 heterocycles. The van der Waals surface area contributed by atoms with Crippen LogP contribution >= 0.6 is 0 Å². The first-order chi connectivity index (χ1) is 12.4. The maximum atomic E-state index is 12.5. The van der Waals surface area contributed by atoms with Gasteiger partial charge in [0.25, 0.3) is 10.0 Å². The maximum Gasteiger partial charge on any atom is 0.337 e. The quantitative estimate of drug-likeness (QED) is 0.641. The normalized spacial score (nSPS) is 11.0. The topological polar surface area (TPSA) is 111 Å². The van der Waals surface area contributed by atoms with Crippen LogP contribution in [0.15, 0.2) is 47.4 Å². The summed E-state index contributed by atoms with van der Waals surface area (Å²) in [6.07, 6.45) is 0. The molecule has 0 fully saturated rings. The molecule has 0 aromatic heterocycles. The van der Waals surface area contributed by atoms with Crippen molar-refractivity contribution in [3.8, 4) is 11.5 Å². The zero-order valence-electron chi connectivity index (χ0n) is 14.3. The van der Waals surface area contributed by atoms with E-state index in [1.54, 1.807) is 18.2 Å². The molecule has 2 aromatic carbocycles. The van der Waals surface area contributed by atoms with E-state index >= 15 is 0 Å². The average molecular weight is 381 g/mol. The summed E-state index contributed by atoms with van der Waals surface area (Å²) in [5, 5.41) is 9.41. The van der Waals surface area contributed by atoms with Gasteiger partial charge in [-0.2, -0.15) is 0 Å². The molecule has 0 bridgehead atoms. The number of anilines is 1. The second-order valence-electron chi connectivity index (χ2n) is 5.11. The molecule has 140 valence electrons. The average Bonchev–Trinajstić information content (AvgIpc) is 2.62. The molecule has 0 spiro atoms. The number of carboxylic acid groups (broad SMARTS) is 1. The predicted molar refractivity (Wildman–Crippen MR) is 94.6 cm³/mol. The van der Waals surface area contributed by atoms with Gasteiger partial charge in [0.2, 0.25) is 0 Å². The van der Waals surface area contributed by atoms with E-state index in [-0.39, 0.29) is 34.3 Å². The minimum Gasteiger partial charge on any atom is -0.493 e. The lowest BCUT2D eigenvalue weighted by atomic mass is 10.1. The van der Waals surface area contributed by atoms with Gasteiger partial charge in [-0.3, -0.25) is 4.72 Å². The van der Waals surface area contributed by atoms with Gasteiger partial charge in [-0.05, 0) is 12.1 Å². The van der Waals surface area contributed by atoms with E-state index in [0.29, 0.717) is 6.61 Å². The highest BCUT2D eigenvalue weighted by Crippen LogP contribution is 2.34. The second-order valence-corrected chi connectivity index (χ2v) is 6.80. The van der Waals surface area contributed by atoms with Gasteiger partial charge >= 0.3 is 5.97 Å². The van der Waals surface area contributed by atoms with E-state index in [1.807, 2.05) is 0 Å². The number of benzene rings is 2. The summed E-state index contributed by atoms with van der Waals surface area (Å²) in [6.45, 7) is 0.485. The zero-order chi connectivity index (χ0) is 19.2. The summed E-state index contributed by atoms with van der Waals surface area (Å²) in [7, 11) is -1.10. The highest BCUT2D eigenvalue weighted by molar-refractivity contribution is 7.92. The van der Waals surface area contributed by atoms with E-state index in [4.69, 9.17) is 14.2 Å². The minimum absolute atomic E-state index is 0.00834. The summed E-state index contributed by atoms with van der Waals surface area (Å²) in [5.41, 5.74) is -0.394. The van der Waals surface area contributed by atoms with Gasteiger partial charge in [0.05, 0.1) is 29.9 Å². The van der Waals surface area contributed by atoms with Crippen molar-refractivity contribution < 1.29 is 32.5 Å². The Hall–Kier alpha value is -2.78. The molecule has 0 aliphatic carbocycles. The lowest BCUT2D eigenvalue weighted by molar-refractivity contribution is 0.0697. The molecule has 0 aliphatic rings. The van der Waals surface area contributed by atoms with Crippen molar-refractivity contribution in [3.05, 3.63) is 48.0 Å². The second kappa shape index (κ2) is 8.54. The van der Waals surface area contributed by atoms with Crippen LogP contribution in [-0.4, -0.2) is 46.9 Å². The molecule has 0 radical (unpaired) electrons. The Morgan fingerprint density at radius 3 is 2.35 bits per heavy atom. The minimum atomic E-state index is -3.97. The van der Waals surface area contributed by atoms with Crippen LogP contribution in [0.1, 0.15) is 10.4 Å². The van der Waals surface area contributed by atoms with Crippen molar-refractivity contribution >= 4 is 21.7 Å². The van der Waals surface area contributed by atoms with Gasteiger partial charge < -0.3 is 19.3 Å². The Morgan fingerprint density at radius 2 is 1.77 bits per heavy atom. The Labute approximate surface area is 151 Å². The molecule has 0 saturated heterocycles. The number of hydrogen-bond donors (Lipinski definition) is 2. The zero-order valence-corrected chi connectivity index (χ0v) is 15.1. The van der Waals surface area contributed by atoms with Crippen LogP contribution in [0.25, 0.3) is 0 Å². The van der Waals surface area contributed by atoms with E-state index in [0.717, 1.165) is 0 Å². The molecule has 26 heavy (non-hydrogen) atoms. The third-order valence-electron chi connectivity index (χ3n) is 3.38. The van der Waals surface area contributed by atoms with Crippen molar-refractivity contribution in [3.63, 3.8) is 0 Å². The number of nitrogens with one attached hydrogen (secondary N) is 1. The molecule has 0 unspecified atom stereocenters. The van der Waals surface area contributed by atoms with Gasteiger partial charge in [-0.15, -0.1) is 0 Å². The molecule has 0 amide bonds. The van der Waals surface area contributed by atoms with Crippen LogP contribution in [0.2, 0.25) is 0 Å². The van der Waals surface area contributed by atoms with Crippen LogP contribution in [0.3, 0.4) is 0 Å². The first-order valence-corrected chi connectivity index (χ1v) is 9.02. The summed E-state index contributed by atoms with van der Waals surface area (Å²) >= 11 is 0. The van der Waals surface area contributed by atoms with Crippen molar-refractivity contribution in [2.24, 2.45) is 0 Å². The summed E-state index contributed by atoms with van der Waals surface area (Å²) in [4.78, 5) is 11.5. The van der Waals surface area contributed by atoms with Crippen molar-refractivity contribution in [1.82, 2.24) is 0 Å². The molecule has 0 saturated carbocycles. The summed E-state index contributed by atoms with van der Waals surface area (Å²) in [5.74, 6) is -0.945. The Bertz CT molecular complexity index is 866. The van der Waals surface area contributed by atoms with E-state index in [1.165, 1.54) is 38.5 Å². The van der Waals surface area contributed by atoms with Gasteiger partial charge in [0.1, 0.15) is 6.61 Å². The molecular formula is C17H19NO7S. The van der Waals surface area contributed by atoms with Gasteiger partial charge in [-0.25, -0.2) is 13.2 Å². The fourth-order valence-electron chi connectivity index (χ4n) is 2.13. The highest BCUT2D eigenvalue weighted by atomic mass is 32.2. The van der Waals surface area contributed by atoms with Crippen LogP contribution < -0.4 is 14.2 Å². The number of ether oxygens (including phenoxy) is 3. The lowest BCUT2D eigenvalue weighted by Crippen LogP contribution is -2.16. The first kappa shape index (κ1) is 19.5. The lowest BCUT2D eigenvalue weighted by Gasteiger charge is -2.16. The van der Waals surface area contributed by atoms with Crippen molar-refractivity contribution in [2.45, 2.75) is 4.90 Å². The number of rotatable bonds is 9. The fourth-order valence-corrected chi connectivity index (χ4v) is 3.22. The molecule has 9 heteroatoms. The standard InChI is InChI=1S/C17H19NO7S/c1-23-8-9-25-16-11-14(13(17(19)20)10-15(16)24-2)18-26(21,22)12-6-4-3-5-7-12/h3-7,10-11,18H,8-9H2,1-2H3,(H,19,20). The maximum absolute atomic E-state index is 12.5. The number of sulfonamides is 1. The van der Waals surface area contributed by atoms with Crippen molar-refractivity contribution in [2.75, 3.05) is 32.2 Å². The Balaban J connectivity index is 2.45. The smallest absolute Gasteiger partial charge is 0.337 e. The van der Waals surface area contributed by atoms with Gasteiger partial charge in [0.15, 0.2) is 11.5 Å². The molecule has 8 nitrogen and oxygen atoms in total. The van der Waals surface area contributed by atoms with E-state index in [2.05, 4.69) is 4.72 Å². The molecule has 2 rings (SSSR count). The molecule has 2 aromatic rings. The number of methoxy groups -OCH3 is 2. The third kappa shape index (κ3) is 4.64. The number of hydrogen-bond acceptors (Lipinski definition) is 6. The van der Waals surface area contributed by atoms with Crippen molar-refractivity contribution in [1.29, 1.82) is 0 Å². The van der Waals surface area contributed by atoms with Crippen LogP contribution in [0.4, 0.5) is 5.69 Å². The van der Waals surface area contributed by atoms with Crippen LogP contribution in [0.5, 0.6) is 11.5 Å². The van der Waals surface area contributed by atoms with Crippen LogP contribution in [-0.2, 0) is 14.8 Å². The Morgan fingerprint density at radius 1 is 1.08 bits per heavy atom. The van der Waals surface area contributed by atoms with E-state index in [9.17, 15) is 18.3 Å². The van der Waals surface area contributed by atoms with Gasteiger partial charge in [-0.1, -0.05) is 18.2 Å². The summed E-state index contributed by atoms with van der Waals surface area (Å²) < 4.78 is 42.8. The predicted octanol–water partition coefficient (Wildman–Crippen LogP) is 2.22. The third-order valence-corrected chi connectivity index (χ3v) is 4.76. The highest BCUT2D eigenvalue weighted by Gasteiger charge is 2.21. The number of carbonyl (C=O) groups is 1. The fraction of sp³-hybridized carbons (Fsp3) is 0.235. The molecular weight excluding hydrogens is 362 g/mol. The number of aromatic carboxylic acids is 1. The summed E-state index contributed by atoms with van der Waals surface area (Å²) in [6, 6.07) is 10.1. The number of carboxylic acids is 1. The molecule has 2 N–H and O–H groups in total. The largest absolute Gasteiger partial charge is 0.493 e. The molecule has 0 aliphatic heterocycles. The van der Waals surface area contributed by atoms with Gasteiger partial charge in [0, 0.05) is 19.2 Å². The monoisotopic (exact) mass is 381 g/mol. The van der Waals surface area contributed by atoms with E-state index < -0.39 is 16.0 Å².